The van der Waals surface area contributed by atoms with Crippen molar-refractivity contribution < 1.29 is 19.1 Å². The van der Waals surface area contributed by atoms with Crippen molar-refractivity contribution in [1.29, 1.82) is 0 Å². The molecule has 0 aliphatic heterocycles. The van der Waals surface area contributed by atoms with Crippen molar-refractivity contribution in [3.05, 3.63) is 42.0 Å². The Morgan fingerprint density at radius 1 is 1.38 bits per heavy atom. The monoisotopic (exact) mass is 291 g/mol. The summed E-state index contributed by atoms with van der Waals surface area (Å²) < 4.78 is 9.86. The van der Waals surface area contributed by atoms with Crippen molar-refractivity contribution in [2.75, 3.05) is 20.8 Å². The van der Waals surface area contributed by atoms with Gasteiger partial charge in [-0.05, 0) is 19.1 Å². The van der Waals surface area contributed by atoms with E-state index in [2.05, 4.69) is 16.6 Å². The van der Waals surface area contributed by atoms with E-state index in [9.17, 15) is 9.59 Å². The molecule has 5 nitrogen and oxygen atoms in total. The largest absolute Gasteiger partial charge is 0.496 e. The van der Waals surface area contributed by atoms with Gasteiger partial charge in [-0.3, -0.25) is 9.59 Å². The molecule has 0 fully saturated rings. The van der Waals surface area contributed by atoms with Crippen LogP contribution in [0.4, 0.5) is 0 Å². The van der Waals surface area contributed by atoms with Crippen LogP contribution in [-0.2, 0) is 9.53 Å². The van der Waals surface area contributed by atoms with Gasteiger partial charge in [0.05, 0.1) is 32.2 Å². The fraction of sp³-hybridized carbons (Fsp3) is 0.375. The molecule has 0 saturated carbocycles. The van der Waals surface area contributed by atoms with Gasteiger partial charge in [-0.25, -0.2) is 0 Å². The fourth-order valence-electron chi connectivity index (χ4n) is 1.94. The molecule has 0 aliphatic carbocycles. The van der Waals surface area contributed by atoms with E-state index in [1.807, 2.05) is 13.0 Å². The summed E-state index contributed by atoms with van der Waals surface area (Å²) in [5, 5.41) is 2.98. The second-order valence-corrected chi connectivity index (χ2v) is 4.60. The Labute approximate surface area is 124 Å². The van der Waals surface area contributed by atoms with E-state index in [1.54, 1.807) is 18.2 Å². The van der Waals surface area contributed by atoms with Gasteiger partial charge in [0.1, 0.15) is 5.75 Å². The second-order valence-electron chi connectivity index (χ2n) is 4.60. The predicted molar refractivity (Wildman–Crippen MR) is 80.7 cm³/mol. The lowest BCUT2D eigenvalue weighted by molar-refractivity contribution is -0.140. The van der Waals surface area contributed by atoms with Crippen molar-refractivity contribution >= 4 is 11.8 Å². The summed E-state index contributed by atoms with van der Waals surface area (Å²) in [6.07, 6.45) is 1.59. The van der Waals surface area contributed by atoms with E-state index in [0.29, 0.717) is 17.9 Å². The van der Waals surface area contributed by atoms with E-state index in [1.165, 1.54) is 14.2 Å². The number of methoxy groups -OCH3 is 2. The van der Waals surface area contributed by atoms with Crippen LogP contribution in [0.5, 0.6) is 5.75 Å². The molecule has 0 radical (unpaired) electrons. The summed E-state index contributed by atoms with van der Waals surface area (Å²) in [5.74, 6) is -0.166. The van der Waals surface area contributed by atoms with Gasteiger partial charge in [0, 0.05) is 6.54 Å². The molecule has 0 amide bonds. The van der Waals surface area contributed by atoms with Crippen molar-refractivity contribution in [2.45, 2.75) is 19.4 Å². The number of nitrogens with one attached hydrogen (secondary N) is 1. The van der Waals surface area contributed by atoms with Gasteiger partial charge in [-0.1, -0.05) is 17.7 Å². The fourth-order valence-corrected chi connectivity index (χ4v) is 1.94. The molecule has 1 aromatic carbocycles. The number of ether oxygens (including phenoxy) is 2. The number of benzene rings is 1. The van der Waals surface area contributed by atoms with Crippen LogP contribution in [0, 0.1) is 6.92 Å². The molecular formula is C16H21NO4. The number of carbonyl (C=O) groups excluding carboxylic acids is 2. The maximum Gasteiger partial charge on any atom is 0.307 e. The van der Waals surface area contributed by atoms with Gasteiger partial charge in [0.15, 0.2) is 5.78 Å². The molecule has 1 atom stereocenters. The Hall–Kier alpha value is -2.14. The highest BCUT2D eigenvalue weighted by Gasteiger charge is 2.25. The van der Waals surface area contributed by atoms with Crippen LogP contribution < -0.4 is 10.1 Å². The molecule has 0 heterocycles. The normalized spacial score (nSPS) is 11.6. The standard InChI is InChI=1S/C16H21NO4/c1-5-8-17-13(10-15(18)21-4)16(19)12-9-11(2)6-7-14(12)20-3/h5-7,9,13,17H,1,8,10H2,2-4H3. The SMILES string of the molecule is C=CCNC(CC(=O)OC)C(=O)c1cc(C)ccc1OC. The lowest BCUT2D eigenvalue weighted by Crippen LogP contribution is -2.39. The van der Waals surface area contributed by atoms with E-state index in [0.717, 1.165) is 5.56 Å². The molecule has 114 valence electrons. The zero-order valence-corrected chi connectivity index (χ0v) is 12.6. The first-order chi connectivity index (χ1) is 10.0. The van der Waals surface area contributed by atoms with Crippen LogP contribution in [0.2, 0.25) is 0 Å². The van der Waals surface area contributed by atoms with Crippen LogP contribution in [0.15, 0.2) is 30.9 Å². The Morgan fingerprint density at radius 3 is 2.67 bits per heavy atom. The number of hydrogen-bond donors (Lipinski definition) is 1. The highest BCUT2D eigenvalue weighted by atomic mass is 16.5. The summed E-state index contributed by atoms with van der Waals surface area (Å²) >= 11 is 0. The third-order valence-electron chi connectivity index (χ3n) is 3.04. The number of Topliss-reactive ketones (excluding diaryl/α,β-unsaturated/α-hetero) is 1. The van der Waals surface area contributed by atoms with Gasteiger partial charge in [0.2, 0.25) is 0 Å². The quantitative estimate of drug-likeness (QED) is 0.450. The number of esters is 1. The van der Waals surface area contributed by atoms with E-state index in [4.69, 9.17) is 4.74 Å². The predicted octanol–water partition coefficient (Wildman–Crippen LogP) is 1.89. The summed E-state index contributed by atoms with van der Waals surface area (Å²) in [5.41, 5.74) is 1.39. The minimum absolute atomic E-state index is 0.0414. The molecule has 1 N–H and O–H groups in total. The molecule has 21 heavy (non-hydrogen) atoms. The first-order valence-electron chi connectivity index (χ1n) is 6.63. The van der Waals surface area contributed by atoms with Crippen LogP contribution in [-0.4, -0.2) is 38.6 Å². The Morgan fingerprint density at radius 2 is 2.10 bits per heavy atom. The molecule has 1 rings (SSSR count). The average molecular weight is 291 g/mol. The van der Waals surface area contributed by atoms with Crippen molar-refractivity contribution in [1.82, 2.24) is 5.32 Å². The molecule has 0 aliphatic rings. The number of carbonyl (C=O) groups is 2. The van der Waals surface area contributed by atoms with Gasteiger partial charge < -0.3 is 14.8 Å². The Balaban J connectivity index is 3.05. The smallest absolute Gasteiger partial charge is 0.307 e. The van der Waals surface area contributed by atoms with Crippen molar-refractivity contribution in [3.63, 3.8) is 0 Å². The number of ketones is 1. The summed E-state index contributed by atoms with van der Waals surface area (Å²) in [6.45, 7) is 5.91. The molecule has 1 unspecified atom stereocenters. The third kappa shape index (κ3) is 4.72. The molecule has 0 bridgehead atoms. The van der Waals surface area contributed by atoms with Crippen LogP contribution in [0.25, 0.3) is 0 Å². The van der Waals surface area contributed by atoms with Crippen LogP contribution >= 0.6 is 0 Å². The topological polar surface area (TPSA) is 64.6 Å². The molecule has 5 heteroatoms. The lowest BCUT2D eigenvalue weighted by Gasteiger charge is -2.17. The zero-order chi connectivity index (χ0) is 15.8. The summed E-state index contributed by atoms with van der Waals surface area (Å²) in [6, 6.07) is 4.68. The first kappa shape index (κ1) is 16.9. The molecule has 0 saturated heterocycles. The van der Waals surface area contributed by atoms with Crippen LogP contribution in [0.1, 0.15) is 22.3 Å². The van der Waals surface area contributed by atoms with Gasteiger partial charge in [-0.2, -0.15) is 0 Å². The maximum atomic E-state index is 12.6. The van der Waals surface area contributed by atoms with Gasteiger partial charge in [-0.15, -0.1) is 6.58 Å². The van der Waals surface area contributed by atoms with Crippen molar-refractivity contribution in [2.24, 2.45) is 0 Å². The van der Waals surface area contributed by atoms with E-state index >= 15 is 0 Å². The molecule has 0 aromatic heterocycles. The molecule has 0 spiro atoms. The number of aryl methyl sites for hydroxylation is 1. The van der Waals surface area contributed by atoms with E-state index in [-0.39, 0.29) is 12.2 Å². The average Bonchev–Trinajstić information content (AvgIpc) is 2.50. The summed E-state index contributed by atoms with van der Waals surface area (Å²) in [4.78, 5) is 24.1. The minimum atomic E-state index is -0.675. The maximum absolute atomic E-state index is 12.6. The zero-order valence-electron chi connectivity index (χ0n) is 12.6. The Kier molecular flexibility index (Phi) is 6.62. The molecular weight excluding hydrogens is 270 g/mol. The summed E-state index contributed by atoms with van der Waals surface area (Å²) in [7, 11) is 2.80. The first-order valence-corrected chi connectivity index (χ1v) is 6.63. The molecule has 1 aromatic rings. The van der Waals surface area contributed by atoms with Gasteiger partial charge in [0.25, 0.3) is 0 Å². The highest BCUT2D eigenvalue weighted by molar-refractivity contribution is 6.04. The highest BCUT2D eigenvalue weighted by Crippen LogP contribution is 2.22. The van der Waals surface area contributed by atoms with Crippen molar-refractivity contribution in [3.8, 4) is 5.75 Å². The van der Waals surface area contributed by atoms with Gasteiger partial charge >= 0.3 is 5.97 Å². The minimum Gasteiger partial charge on any atom is -0.496 e. The third-order valence-corrected chi connectivity index (χ3v) is 3.04. The van der Waals surface area contributed by atoms with E-state index < -0.39 is 12.0 Å². The Bertz CT molecular complexity index is 525. The lowest BCUT2D eigenvalue weighted by atomic mass is 9.99. The van der Waals surface area contributed by atoms with Crippen LogP contribution in [0.3, 0.4) is 0 Å². The number of hydrogen-bond acceptors (Lipinski definition) is 5. The second kappa shape index (κ2) is 8.21. The number of rotatable bonds is 8.